The molecule has 0 radical (unpaired) electrons. The van der Waals surface area contributed by atoms with Gasteiger partial charge in [0.05, 0.1) is 5.69 Å². The molecule has 7 heteroatoms. The maximum Gasteiger partial charge on any atom is 0.228 e. The molecule has 0 spiro atoms. The molecule has 1 saturated heterocycles. The highest BCUT2D eigenvalue weighted by molar-refractivity contribution is 9.11. The van der Waals surface area contributed by atoms with Gasteiger partial charge in [0.1, 0.15) is 0 Å². The first kappa shape index (κ1) is 15.7. The Kier molecular flexibility index (Phi) is 5.04. The summed E-state index contributed by atoms with van der Waals surface area (Å²) >= 11 is 7.88. The van der Waals surface area contributed by atoms with Gasteiger partial charge in [-0.05, 0) is 28.1 Å². The standard InChI is InChI=1S/C13H11Br2NO3S/c1-7(18)20-10-4-12(19)16(5-10)13-8(6-17)2-9(14)3-11(13)15/h2-3,6,10H,4-5H2,1H3. The topological polar surface area (TPSA) is 54.5 Å². The van der Waals surface area contributed by atoms with E-state index in [2.05, 4.69) is 31.9 Å². The van der Waals surface area contributed by atoms with Gasteiger partial charge in [0.25, 0.3) is 0 Å². The number of thioether (sulfide) groups is 1. The van der Waals surface area contributed by atoms with E-state index in [0.29, 0.717) is 28.7 Å². The second-order valence-electron chi connectivity index (χ2n) is 4.38. The molecule has 0 aromatic heterocycles. The lowest BCUT2D eigenvalue weighted by Crippen LogP contribution is -2.26. The number of hydrogen-bond acceptors (Lipinski definition) is 4. The highest BCUT2D eigenvalue weighted by Gasteiger charge is 2.34. The van der Waals surface area contributed by atoms with Crippen LogP contribution in [0.15, 0.2) is 21.1 Å². The third-order valence-corrected chi connectivity index (χ3v) is 4.92. The molecule has 1 unspecified atom stereocenters. The zero-order valence-electron chi connectivity index (χ0n) is 10.6. The highest BCUT2D eigenvalue weighted by atomic mass is 79.9. The van der Waals surface area contributed by atoms with Crippen LogP contribution in [0, 0.1) is 0 Å². The van der Waals surface area contributed by atoms with Gasteiger partial charge in [0.15, 0.2) is 11.4 Å². The quantitative estimate of drug-likeness (QED) is 0.703. The number of benzene rings is 1. The van der Waals surface area contributed by atoms with Crippen LogP contribution in [0.1, 0.15) is 23.7 Å². The summed E-state index contributed by atoms with van der Waals surface area (Å²) in [6.45, 7) is 1.92. The summed E-state index contributed by atoms with van der Waals surface area (Å²) < 4.78 is 1.44. The molecule has 0 aliphatic carbocycles. The van der Waals surface area contributed by atoms with E-state index in [1.54, 1.807) is 17.0 Å². The number of anilines is 1. The van der Waals surface area contributed by atoms with Crippen LogP contribution in [0.4, 0.5) is 5.69 Å². The van der Waals surface area contributed by atoms with Crippen molar-refractivity contribution < 1.29 is 14.4 Å². The average Bonchev–Trinajstić information content (AvgIpc) is 2.67. The fraction of sp³-hybridized carbons (Fsp3) is 0.308. The largest absolute Gasteiger partial charge is 0.309 e. The molecule has 1 fully saturated rings. The van der Waals surface area contributed by atoms with Gasteiger partial charge >= 0.3 is 0 Å². The van der Waals surface area contributed by atoms with E-state index in [4.69, 9.17) is 0 Å². The Hall–Kier alpha value is -0.660. The SMILES string of the molecule is CC(=O)SC1CC(=O)N(c2c(Br)cc(Br)cc2C=O)C1. The number of carbonyl (C=O) groups is 3. The number of nitrogens with zero attached hydrogens (tertiary/aromatic N) is 1. The number of carbonyl (C=O) groups excluding carboxylic acids is 3. The monoisotopic (exact) mass is 419 g/mol. The first-order chi connectivity index (χ1) is 9.42. The van der Waals surface area contributed by atoms with Crippen LogP contribution in [0.2, 0.25) is 0 Å². The average molecular weight is 421 g/mol. The van der Waals surface area contributed by atoms with Crippen molar-refractivity contribution in [1.82, 2.24) is 0 Å². The van der Waals surface area contributed by atoms with Gasteiger partial charge in [-0.1, -0.05) is 27.7 Å². The summed E-state index contributed by atoms with van der Waals surface area (Å²) in [4.78, 5) is 36.1. The van der Waals surface area contributed by atoms with E-state index in [9.17, 15) is 14.4 Å². The van der Waals surface area contributed by atoms with Crippen LogP contribution < -0.4 is 4.90 Å². The van der Waals surface area contributed by atoms with Gasteiger partial charge in [0.2, 0.25) is 5.91 Å². The summed E-state index contributed by atoms with van der Waals surface area (Å²) in [6, 6.07) is 3.47. The Morgan fingerprint density at radius 1 is 1.45 bits per heavy atom. The second kappa shape index (κ2) is 6.41. The Bertz CT molecular complexity index is 591. The molecule has 1 amide bonds. The predicted octanol–water partition coefficient (Wildman–Crippen LogP) is 3.41. The molecule has 1 aliphatic heterocycles. The minimum Gasteiger partial charge on any atom is -0.309 e. The lowest BCUT2D eigenvalue weighted by Gasteiger charge is -2.20. The van der Waals surface area contributed by atoms with Crippen LogP contribution in [0.25, 0.3) is 0 Å². The number of amides is 1. The van der Waals surface area contributed by atoms with Gasteiger partial charge in [-0.2, -0.15) is 0 Å². The molecule has 1 heterocycles. The Balaban J connectivity index is 2.35. The number of aldehydes is 1. The van der Waals surface area contributed by atoms with E-state index in [1.165, 1.54) is 18.7 Å². The molecular formula is C13H11Br2NO3S. The summed E-state index contributed by atoms with van der Waals surface area (Å²) in [7, 11) is 0. The lowest BCUT2D eigenvalue weighted by atomic mass is 10.2. The summed E-state index contributed by atoms with van der Waals surface area (Å²) in [5, 5.41) is -0.0646. The van der Waals surface area contributed by atoms with Crippen molar-refractivity contribution in [1.29, 1.82) is 0 Å². The van der Waals surface area contributed by atoms with E-state index in [0.717, 1.165) is 10.8 Å². The van der Waals surface area contributed by atoms with E-state index in [-0.39, 0.29) is 16.3 Å². The fourth-order valence-corrected chi connectivity index (χ4v) is 4.56. The highest BCUT2D eigenvalue weighted by Crippen LogP contribution is 2.37. The molecule has 106 valence electrons. The molecule has 4 nitrogen and oxygen atoms in total. The molecule has 1 atom stereocenters. The number of rotatable bonds is 3. The second-order valence-corrected chi connectivity index (χ2v) is 7.63. The molecule has 20 heavy (non-hydrogen) atoms. The van der Waals surface area contributed by atoms with Crippen LogP contribution >= 0.6 is 43.6 Å². The third-order valence-electron chi connectivity index (χ3n) is 2.88. The molecular weight excluding hydrogens is 410 g/mol. The lowest BCUT2D eigenvalue weighted by molar-refractivity contribution is -0.117. The van der Waals surface area contributed by atoms with Crippen LogP contribution in [0.3, 0.4) is 0 Å². The van der Waals surface area contributed by atoms with Crippen molar-refractivity contribution in [2.24, 2.45) is 0 Å². The van der Waals surface area contributed by atoms with Gasteiger partial charge in [-0.25, -0.2) is 0 Å². The van der Waals surface area contributed by atoms with Crippen molar-refractivity contribution in [3.63, 3.8) is 0 Å². The first-order valence-electron chi connectivity index (χ1n) is 5.84. The predicted molar refractivity (Wildman–Crippen MR) is 86.3 cm³/mol. The Labute approximate surface area is 137 Å². The van der Waals surface area contributed by atoms with Crippen molar-refractivity contribution in [2.45, 2.75) is 18.6 Å². The molecule has 0 bridgehead atoms. The third kappa shape index (κ3) is 3.32. The minimum absolute atomic E-state index is 0.00451. The van der Waals surface area contributed by atoms with Gasteiger partial charge in [-0.15, -0.1) is 0 Å². The van der Waals surface area contributed by atoms with Crippen molar-refractivity contribution in [2.75, 3.05) is 11.4 Å². The smallest absolute Gasteiger partial charge is 0.228 e. The maximum atomic E-state index is 12.1. The van der Waals surface area contributed by atoms with Gasteiger partial charge in [0, 0.05) is 39.6 Å². The van der Waals surface area contributed by atoms with Gasteiger partial charge in [-0.3, -0.25) is 14.4 Å². The van der Waals surface area contributed by atoms with Crippen molar-refractivity contribution >= 4 is 66.6 Å². The Morgan fingerprint density at radius 3 is 2.75 bits per heavy atom. The van der Waals surface area contributed by atoms with Crippen molar-refractivity contribution in [3.8, 4) is 0 Å². The normalized spacial score (nSPS) is 18.4. The molecule has 0 saturated carbocycles. The van der Waals surface area contributed by atoms with E-state index >= 15 is 0 Å². The molecule has 1 aliphatic rings. The summed E-state index contributed by atoms with van der Waals surface area (Å²) in [6.07, 6.45) is 1.04. The van der Waals surface area contributed by atoms with Crippen LogP contribution in [-0.4, -0.2) is 29.1 Å². The number of halogens is 2. The minimum atomic E-state index is -0.0742. The zero-order chi connectivity index (χ0) is 14.9. The molecule has 0 N–H and O–H groups in total. The number of hydrogen-bond donors (Lipinski definition) is 0. The van der Waals surface area contributed by atoms with E-state index < -0.39 is 0 Å². The maximum absolute atomic E-state index is 12.1. The summed E-state index contributed by atoms with van der Waals surface area (Å²) in [5.74, 6) is -0.0742. The van der Waals surface area contributed by atoms with Crippen LogP contribution in [-0.2, 0) is 9.59 Å². The Morgan fingerprint density at radius 2 is 2.15 bits per heavy atom. The molecule has 1 aromatic rings. The zero-order valence-corrected chi connectivity index (χ0v) is 14.5. The van der Waals surface area contributed by atoms with Crippen LogP contribution in [0.5, 0.6) is 0 Å². The fourth-order valence-electron chi connectivity index (χ4n) is 2.17. The van der Waals surface area contributed by atoms with Gasteiger partial charge < -0.3 is 4.90 Å². The molecule has 1 aromatic carbocycles. The first-order valence-corrected chi connectivity index (χ1v) is 8.30. The molecule has 2 rings (SSSR count). The summed E-state index contributed by atoms with van der Waals surface area (Å²) in [5.41, 5.74) is 1.01. The van der Waals surface area contributed by atoms with Crippen molar-refractivity contribution in [3.05, 3.63) is 26.6 Å². The van der Waals surface area contributed by atoms with E-state index in [1.807, 2.05) is 0 Å².